The van der Waals surface area contributed by atoms with Gasteiger partial charge in [-0.3, -0.25) is 0 Å². The second-order valence-electron chi connectivity index (χ2n) is 1.21. The van der Waals surface area contributed by atoms with Crippen LogP contribution in [0.25, 0.3) is 0 Å². The van der Waals surface area contributed by atoms with Gasteiger partial charge in [0, 0.05) is 0 Å². The van der Waals surface area contributed by atoms with Crippen molar-refractivity contribution < 1.29 is 0 Å². The highest BCUT2D eigenvalue weighted by molar-refractivity contribution is 4.78. The fraction of sp³-hybridized carbons (Fsp3) is 0.500. The molecule has 0 aliphatic carbocycles. The molecule has 0 fully saturated rings. The minimum absolute atomic E-state index is 0. The van der Waals surface area contributed by atoms with Crippen LogP contribution >= 0.6 is 0 Å². The summed E-state index contributed by atoms with van der Waals surface area (Å²) in [5.74, 6) is 0. The normalized spacial score (nSPS) is 4.33. The SMILES string of the molecule is C=C(C)C.N.N. The molecule has 2 heteroatoms. The van der Waals surface area contributed by atoms with Gasteiger partial charge in [0.15, 0.2) is 0 Å². The Kier molecular flexibility index (Phi) is 25.5. The van der Waals surface area contributed by atoms with Gasteiger partial charge in [-0.25, -0.2) is 0 Å². The van der Waals surface area contributed by atoms with Crippen LogP contribution in [0.4, 0.5) is 0 Å². The molecule has 6 heavy (non-hydrogen) atoms. The summed E-state index contributed by atoms with van der Waals surface area (Å²) in [6.45, 7) is 7.50. The van der Waals surface area contributed by atoms with Gasteiger partial charge in [0.25, 0.3) is 0 Å². The predicted molar refractivity (Wildman–Crippen MR) is 30.5 cm³/mol. The smallest absolute Gasteiger partial charge is 0.0445 e. The van der Waals surface area contributed by atoms with Gasteiger partial charge in [-0.05, 0) is 13.8 Å². The summed E-state index contributed by atoms with van der Waals surface area (Å²) < 4.78 is 0. The lowest BCUT2D eigenvalue weighted by Crippen LogP contribution is -1.43. The van der Waals surface area contributed by atoms with Gasteiger partial charge < -0.3 is 12.3 Å². The largest absolute Gasteiger partial charge is 0.344 e. The summed E-state index contributed by atoms with van der Waals surface area (Å²) >= 11 is 0. The van der Waals surface area contributed by atoms with Crippen LogP contribution in [-0.4, -0.2) is 0 Å². The van der Waals surface area contributed by atoms with Crippen LogP contribution in [0.3, 0.4) is 0 Å². The zero-order chi connectivity index (χ0) is 3.58. The molecule has 6 N–H and O–H groups in total. The quantitative estimate of drug-likeness (QED) is 0.446. The van der Waals surface area contributed by atoms with E-state index in [9.17, 15) is 0 Å². The van der Waals surface area contributed by atoms with E-state index < -0.39 is 0 Å². The number of hydrogen-bond donors (Lipinski definition) is 2. The zero-order valence-corrected chi connectivity index (χ0v) is 4.62. The first kappa shape index (κ1) is 17.4. The monoisotopic (exact) mass is 90.1 g/mol. The lowest BCUT2D eigenvalue weighted by Gasteiger charge is -1.65. The molecule has 0 heterocycles. The van der Waals surface area contributed by atoms with Crippen LogP contribution in [0.1, 0.15) is 13.8 Å². The van der Waals surface area contributed by atoms with Gasteiger partial charge >= 0.3 is 0 Å². The molecule has 0 aromatic rings. The average Bonchev–Trinajstić information content (AvgIpc) is 0.811. The van der Waals surface area contributed by atoms with Crippen molar-refractivity contribution in [3.05, 3.63) is 12.2 Å². The predicted octanol–water partition coefficient (Wildman–Crippen LogP) is 1.91. The molecule has 0 aromatic carbocycles. The molecule has 0 rings (SSSR count). The van der Waals surface area contributed by atoms with E-state index in [0.717, 1.165) is 0 Å². The Morgan fingerprint density at radius 3 is 1.17 bits per heavy atom. The summed E-state index contributed by atoms with van der Waals surface area (Å²) in [5.41, 5.74) is 1.17. The van der Waals surface area contributed by atoms with Crippen molar-refractivity contribution in [1.29, 1.82) is 0 Å². The number of hydrogen-bond acceptors (Lipinski definition) is 2. The van der Waals surface area contributed by atoms with Crippen molar-refractivity contribution >= 4 is 0 Å². The Balaban J connectivity index is -0.0000000450. The molecular weight excluding hydrogens is 76.1 g/mol. The van der Waals surface area contributed by atoms with Crippen molar-refractivity contribution in [1.82, 2.24) is 12.3 Å². The van der Waals surface area contributed by atoms with Crippen LogP contribution in [0.2, 0.25) is 0 Å². The van der Waals surface area contributed by atoms with E-state index >= 15 is 0 Å². The Morgan fingerprint density at radius 2 is 1.17 bits per heavy atom. The van der Waals surface area contributed by atoms with Crippen LogP contribution in [0.15, 0.2) is 12.2 Å². The molecule has 2 nitrogen and oxygen atoms in total. The summed E-state index contributed by atoms with van der Waals surface area (Å²) in [4.78, 5) is 0. The summed E-state index contributed by atoms with van der Waals surface area (Å²) in [7, 11) is 0. The van der Waals surface area contributed by atoms with E-state index in [1.807, 2.05) is 13.8 Å². The van der Waals surface area contributed by atoms with Crippen LogP contribution < -0.4 is 12.3 Å². The van der Waals surface area contributed by atoms with Gasteiger partial charge in [0.1, 0.15) is 0 Å². The summed E-state index contributed by atoms with van der Waals surface area (Å²) in [5, 5.41) is 0. The third-order valence-corrected chi connectivity index (χ3v) is 0. The molecule has 0 aliphatic heterocycles. The van der Waals surface area contributed by atoms with Crippen molar-refractivity contribution in [2.24, 2.45) is 0 Å². The van der Waals surface area contributed by atoms with Gasteiger partial charge in [-0.1, -0.05) is 5.57 Å². The minimum Gasteiger partial charge on any atom is -0.344 e. The highest BCUT2D eigenvalue weighted by atomic mass is 14.0. The van der Waals surface area contributed by atoms with Gasteiger partial charge in [0.05, 0.1) is 0 Å². The average molecular weight is 90.2 g/mol. The third kappa shape index (κ3) is 224. The first-order valence-corrected chi connectivity index (χ1v) is 1.35. The minimum atomic E-state index is 0. The van der Waals surface area contributed by atoms with E-state index in [0.29, 0.717) is 0 Å². The molecule has 0 radical (unpaired) electrons. The number of allylic oxidation sites excluding steroid dienone is 1. The number of rotatable bonds is 0. The molecule has 0 unspecified atom stereocenters. The van der Waals surface area contributed by atoms with E-state index in [2.05, 4.69) is 6.58 Å². The Hall–Kier alpha value is -0.340. The summed E-state index contributed by atoms with van der Waals surface area (Å²) in [6.07, 6.45) is 0. The maximum absolute atomic E-state index is 3.56. The molecule has 40 valence electrons. The molecular formula is C4H14N2. The van der Waals surface area contributed by atoms with Crippen molar-refractivity contribution in [2.75, 3.05) is 0 Å². The van der Waals surface area contributed by atoms with Crippen molar-refractivity contribution in [3.8, 4) is 0 Å². The lowest BCUT2D eigenvalue weighted by molar-refractivity contribution is 1.42. The highest BCUT2D eigenvalue weighted by Gasteiger charge is 1.51. The van der Waals surface area contributed by atoms with E-state index in [-0.39, 0.29) is 12.3 Å². The van der Waals surface area contributed by atoms with Crippen LogP contribution in [0.5, 0.6) is 0 Å². The van der Waals surface area contributed by atoms with Crippen molar-refractivity contribution in [2.45, 2.75) is 13.8 Å². The van der Waals surface area contributed by atoms with Gasteiger partial charge in [-0.2, -0.15) is 0 Å². The highest BCUT2D eigenvalue weighted by Crippen LogP contribution is 1.73. The third-order valence-electron chi connectivity index (χ3n) is 0. The second-order valence-corrected chi connectivity index (χ2v) is 1.21. The van der Waals surface area contributed by atoms with E-state index in [4.69, 9.17) is 0 Å². The molecule has 0 bridgehead atoms. The topological polar surface area (TPSA) is 70.0 Å². The maximum Gasteiger partial charge on any atom is -0.0445 e. The van der Waals surface area contributed by atoms with Gasteiger partial charge in [-0.15, -0.1) is 6.58 Å². The standard InChI is InChI=1S/C4H8.2H3N/c1-4(2)3;;/h1H2,2-3H3;2*1H3. The molecule has 0 spiro atoms. The molecule has 0 aromatic heterocycles. The first-order valence-electron chi connectivity index (χ1n) is 1.35. The zero-order valence-electron chi connectivity index (χ0n) is 4.62. The van der Waals surface area contributed by atoms with E-state index in [1.54, 1.807) is 0 Å². The molecule has 0 saturated carbocycles. The first-order chi connectivity index (χ1) is 1.73. The molecule has 0 atom stereocenters. The Morgan fingerprint density at radius 1 is 1.17 bits per heavy atom. The lowest BCUT2D eigenvalue weighted by atomic mass is 10.4. The van der Waals surface area contributed by atoms with Crippen molar-refractivity contribution in [3.63, 3.8) is 0 Å². The summed E-state index contributed by atoms with van der Waals surface area (Å²) in [6, 6.07) is 0. The maximum atomic E-state index is 3.56. The molecule has 0 aliphatic rings. The molecule has 0 saturated heterocycles. The Bertz CT molecular complexity index is 28.5. The second kappa shape index (κ2) is 8.82. The molecule has 0 amide bonds. The fourth-order valence-electron chi connectivity index (χ4n) is 0. The van der Waals surface area contributed by atoms with E-state index in [1.165, 1.54) is 5.57 Å². The van der Waals surface area contributed by atoms with Crippen LogP contribution in [0, 0.1) is 0 Å². The fourth-order valence-corrected chi connectivity index (χ4v) is 0. The Labute approximate surface area is 39.4 Å². The van der Waals surface area contributed by atoms with Gasteiger partial charge in [0.2, 0.25) is 0 Å². The van der Waals surface area contributed by atoms with Crippen LogP contribution in [-0.2, 0) is 0 Å².